The van der Waals surface area contributed by atoms with Gasteiger partial charge in [-0.3, -0.25) is 14.6 Å². The molecule has 2 amide bonds. The number of hydrogen-bond donors (Lipinski definition) is 1. The number of nitrogens with one attached hydrogen (secondary N) is 1. The predicted octanol–water partition coefficient (Wildman–Crippen LogP) is 5.12. The molecule has 5 heterocycles. The quantitative estimate of drug-likeness (QED) is 0.309. The topological polar surface area (TPSA) is 115 Å². The summed E-state index contributed by atoms with van der Waals surface area (Å²) < 4.78 is 28.5. The second-order valence-electron chi connectivity index (χ2n) is 11.9. The third kappa shape index (κ3) is 5.67. The maximum absolute atomic E-state index is 15.3. The second-order valence-corrected chi connectivity index (χ2v) is 13.0. The summed E-state index contributed by atoms with van der Waals surface area (Å²) in [5.41, 5.74) is 1.27. The number of ether oxygens (including phenoxy) is 2. The number of hydrogen-bond acceptors (Lipinski definition) is 9. The summed E-state index contributed by atoms with van der Waals surface area (Å²) in [6, 6.07) is 0.893. The minimum Gasteiger partial charge on any atom is -0.444 e. The van der Waals surface area contributed by atoms with Crippen LogP contribution in [0.15, 0.2) is 17.4 Å². The van der Waals surface area contributed by atoms with Crippen molar-refractivity contribution in [1.29, 1.82) is 0 Å². The smallest absolute Gasteiger partial charge is 0.410 e. The van der Waals surface area contributed by atoms with E-state index >= 15 is 4.39 Å². The zero-order valence-corrected chi connectivity index (χ0v) is 26.2. The van der Waals surface area contributed by atoms with E-state index in [1.54, 1.807) is 15.8 Å². The first-order chi connectivity index (χ1) is 20.6. The predicted molar refractivity (Wildman–Crippen MR) is 161 cm³/mol. The van der Waals surface area contributed by atoms with Gasteiger partial charge in [0.05, 0.1) is 34.0 Å². The molecule has 11 nitrogen and oxygen atoms in total. The molecule has 3 aliphatic rings. The normalized spacial score (nSPS) is 20.9. The van der Waals surface area contributed by atoms with Crippen LogP contribution in [0.5, 0.6) is 0 Å². The molecule has 1 aromatic carbocycles. The van der Waals surface area contributed by atoms with Crippen LogP contribution in [0.3, 0.4) is 0 Å². The molecule has 6 rings (SSSR count). The molecule has 230 valence electrons. The van der Waals surface area contributed by atoms with Gasteiger partial charge in [0.1, 0.15) is 17.2 Å². The van der Waals surface area contributed by atoms with Crippen molar-refractivity contribution >= 4 is 52.1 Å². The number of anilines is 1. The summed E-state index contributed by atoms with van der Waals surface area (Å²) >= 11 is 7.83. The lowest BCUT2D eigenvalue weighted by molar-refractivity contribution is -0.0367. The molecule has 3 aliphatic heterocycles. The van der Waals surface area contributed by atoms with Crippen LogP contribution in [0.2, 0.25) is 5.02 Å². The average Bonchev–Trinajstić information content (AvgIpc) is 3.61. The van der Waals surface area contributed by atoms with Gasteiger partial charge in [-0.1, -0.05) is 23.4 Å². The Morgan fingerprint density at radius 1 is 1.23 bits per heavy atom. The number of piperazine rings is 1. The third-order valence-corrected chi connectivity index (χ3v) is 8.81. The van der Waals surface area contributed by atoms with Gasteiger partial charge in [0.25, 0.3) is 5.91 Å². The molecule has 0 aliphatic carbocycles. The lowest BCUT2D eigenvalue weighted by atomic mass is 10.0. The molecule has 2 unspecified atom stereocenters. The van der Waals surface area contributed by atoms with Gasteiger partial charge in [0.15, 0.2) is 11.4 Å². The van der Waals surface area contributed by atoms with Crippen molar-refractivity contribution in [2.24, 2.45) is 0 Å². The van der Waals surface area contributed by atoms with Crippen LogP contribution in [-0.2, 0) is 15.9 Å². The first-order valence-electron chi connectivity index (χ1n) is 14.5. The van der Waals surface area contributed by atoms with Crippen LogP contribution in [0.1, 0.15) is 73.9 Å². The monoisotopic (exact) mass is 631 g/mol. The van der Waals surface area contributed by atoms with Crippen molar-refractivity contribution in [2.75, 3.05) is 43.9 Å². The molecule has 2 saturated heterocycles. The van der Waals surface area contributed by atoms with Gasteiger partial charge in [-0.05, 0) is 52.7 Å². The van der Waals surface area contributed by atoms with E-state index in [9.17, 15) is 9.59 Å². The lowest BCUT2D eigenvalue weighted by Gasteiger charge is -2.37. The van der Waals surface area contributed by atoms with E-state index in [1.165, 1.54) is 22.7 Å². The molecular weight excluding hydrogens is 597 g/mol. The van der Waals surface area contributed by atoms with Gasteiger partial charge in [0, 0.05) is 49.8 Å². The number of carbonyl (C=O) groups excluding carboxylic acids is 2. The van der Waals surface area contributed by atoms with Gasteiger partial charge < -0.3 is 14.8 Å². The Labute approximate surface area is 258 Å². The Bertz CT molecular complexity index is 1570. The molecule has 14 heteroatoms. The molecule has 1 N–H and O–H groups in total. The van der Waals surface area contributed by atoms with Crippen molar-refractivity contribution in [3.63, 3.8) is 0 Å². The number of rotatable bonds is 4. The SMILES string of the molecule is CSc1nc(C2CNCCN2C(=O)OC(C)(C)C)c2c(n1)N(C(=O)c1c(Cl)c(F)cc3c1cnn3C1CCCCO1)CC2. The summed E-state index contributed by atoms with van der Waals surface area (Å²) in [6.07, 6.45) is 5.80. The molecule has 3 aromatic rings. The number of benzene rings is 1. The molecule has 0 radical (unpaired) electrons. The Morgan fingerprint density at radius 2 is 2.05 bits per heavy atom. The fraction of sp³-hybridized carbons (Fsp3) is 0.552. The van der Waals surface area contributed by atoms with Crippen LogP contribution < -0.4 is 10.2 Å². The first-order valence-corrected chi connectivity index (χ1v) is 16.1. The number of halogens is 2. The van der Waals surface area contributed by atoms with E-state index in [4.69, 9.17) is 31.0 Å². The van der Waals surface area contributed by atoms with E-state index < -0.39 is 29.5 Å². The average molecular weight is 632 g/mol. The van der Waals surface area contributed by atoms with Crippen molar-refractivity contribution in [3.05, 3.63) is 39.9 Å². The van der Waals surface area contributed by atoms with Gasteiger partial charge in [0.2, 0.25) is 0 Å². The summed E-state index contributed by atoms with van der Waals surface area (Å²) in [4.78, 5) is 40.2. The molecule has 0 spiro atoms. The van der Waals surface area contributed by atoms with Crippen LogP contribution >= 0.6 is 23.4 Å². The number of carbonyl (C=O) groups is 2. The number of thioether (sulfide) groups is 1. The van der Waals surface area contributed by atoms with E-state index in [0.717, 1.165) is 24.8 Å². The zero-order valence-electron chi connectivity index (χ0n) is 24.7. The Kier molecular flexibility index (Phi) is 8.26. The molecule has 43 heavy (non-hydrogen) atoms. The maximum Gasteiger partial charge on any atom is 0.410 e. The van der Waals surface area contributed by atoms with Crippen molar-refractivity contribution < 1.29 is 23.5 Å². The summed E-state index contributed by atoms with van der Waals surface area (Å²) in [5, 5.41) is 8.48. The number of nitrogens with zero attached hydrogens (tertiary/aromatic N) is 6. The highest BCUT2D eigenvalue weighted by Gasteiger charge is 2.39. The number of amides is 2. The summed E-state index contributed by atoms with van der Waals surface area (Å²) in [7, 11) is 0. The van der Waals surface area contributed by atoms with Gasteiger partial charge >= 0.3 is 6.09 Å². The Morgan fingerprint density at radius 3 is 2.77 bits per heavy atom. The third-order valence-electron chi connectivity index (χ3n) is 7.89. The van der Waals surface area contributed by atoms with Crippen molar-refractivity contribution in [2.45, 2.75) is 69.5 Å². The van der Waals surface area contributed by atoms with Crippen LogP contribution in [0.25, 0.3) is 10.9 Å². The zero-order chi connectivity index (χ0) is 30.5. The minimum atomic E-state index is -0.705. The van der Waals surface area contributed by atoms with E-state index in [0.29, 0.717) is 66.8 Å². The summed E-state index contributed by atoms with van der Waals surface area (Å²) in [6.45, 7) is 7.94. The van der Waals surface area contributed by atoms with Gasteiger partial charge in [-0.15, -0.1) is 0 Å². The highest BCUT2D eigenvalue weighted by molar-refractivity contribution is 7.98. The fourth-order valence-corrected chi connectivity index (χ4v) is 6.54. The molecule has 2 atom stereocenters. The van der Waals surface area contributed by atoms with E-state index in [-0.39, 0.29) is 16.8 Å². The van der Waals surface area contributed by atoms with E-state index in [2.05, 4.69) is 10.4 Å². The van der Waals surface area contributed by atoms with Crippen molar-refractivity contribution in [1.82, 2.24) is 30.0 Å². The summed E-state index contributed by atoms with van der Waals surface area (Å²) in [5.74, 6) is -0.741. The number of fused-ring (bicyclic) bond motifs is 2. The largest absolute Gasteiger partial charge is 0.444 e. The van der Waals surface area contributed by atoms with Gasteiger partial charge in [-0.25, -0.2) is 23.8 Å². The van der Waals surface area contributed by atoms with Crippen molar-refractivity contribution in [3.8, 4) is 0 Å². The molecular formula is C29H35ClFN7O4S. The van der Waals surface area contributed by atoms with Crippen LogP contribution in [0, 0.1) is 5.82 Å². The minimum absolute atomic E-state index is 0.0344. The first kappa shape index (κ1) is 30.0. The fourth-order valence-electron chi connectivity index (χ4n) is 5.93. The van der Waals surface area contributed by atoms with E-state index in [1.807, 2.05) is 27.0 Å². The van der Waals surface area contributed by atoms with Crippen LogP contribution in [-0.4, -0.2) is 81.3 Å². The Balaban J connectivity index is 1.39. The van der Waals surface area contributed by atoms with Crippen LogP contribution in [0.4, 0.5) is 15.0 Å². The maximum atomic E-state index is 15.3. The second kappa shape index (κ2) is 11.8. The molecule has 2 fully saturated rings. The Hall–Kier alpha value is -3.00. The lowest BCUT2D eigenvalue weighted by Crippen LogP contribution is -2.50. The van der Waals surface area contributed by atoms with Gasteiger partial charge in [-0.2, -0.15) is 5.10 Å². The molecule has 2 aromatic heterocycles. The number of aromatic nitrogens is 4. The molecule has 0 saturated carbocycles. The highest BCUT2D eigenvalue weighted by atomic mass is 35.5. The standard InChI is InChI=1S/C29H35ClFN7O4S/c1-29(2,3)42-28(40)36-11-9-32-15-20(36)24-16-8-10-37(25(16)35-27(34-24)43-4)26(39)22-17-14-33-38(21-7-5-6-12-41-21)19(17)13-18(31)23(22)30/h13-14,20-21,32H,5-12,15H2,1-4H3. The molecule has 0 bridgehead atoms. The highest BCUT2D eigenvalue weighted by Crippen LogP contribution is 2.39.